The van der Waals surface area contributed by atoms with Crippen molar-refractivity contribution in [1.29, 1.82) is 5.26 Å². The highest BCUT2D eigenvalue weighted by molar-refractivity contribution is 6.03. The summed E-state index contributed by atoms with van der Waals surface area (Å²) in [5.74, 6) is -2.76. The molecule has 27 nitrogen and oxygen atoms in total. The van der Waals surface area contributed by atoms with Gasteiger partial charge in [0.05, 0.1) is 79.6 Å². The molecule has 608 valence electrons. The maximum Gasteiger partial charge on any atom is 0.317 e. The molecule has 0 radical (unpaired) electrons. The van der Waals surface area contributed by atoms with Gasteiger partial charge in [0, 0.05) is 33.8 Å². The molecule has 0 bridgehead atoms. The quantitative estimate of drug-likeness (QED) is 0.0110. The number of anilines is 1. The fourth-order valence-electron chi connectivity index (χ4n) is 15.9. The largest absolute Gasteiger partial charge is 0.508 e. The number of nitrogens with one attached hydrogen (secondary N) is 5. The van der Waals surface area contributed by atoms with Crippen molar-refractivity contribution in [3.63, 3.8) is 0 Å². The van der Waals surface area contributed by atoms with Crippen LogP contribution in [-0.4, -0.2) is 106 Å². The number of aryl methyl sites for hydroxylation is 2. The van der Waals surface area contributed by atoms with Crippen LogP contribution >= 0.6 is 0 Å². The average molecular weight is 1600 g/mol. The first kappa shape index (κ1) is 83.9. The number of esters is 3. The van der Waals surface area contributed by atoms with Crippen LogP contribution in [-0.2, 0) is 89.3 Å². The van der Waals surface area contributed by atoms with Crippen LogP contribution in [0.2, 0.25) is 0 Å². The van der Waals surface area contributed by atoms with Crippen LogP contribution in [0.5, 0.6) is 40.2 Å². The van der Waals surface area contributed by atoms with E-state index in [0.29, 0.717) is 89.2 Å². The number of hydrogen-bond acceptors (Lipinski definition) is 22. The molecule has 10 N–H and O–H groups in total. The maximum absolute atomic E-state index is 13.2. The summed E-state index contributed by atoms with van der Waals surface area (Å²) in [7, 11) is 4.11. The molecule has 27 heteroatoms. The lowest BCUT2D eigenvalue weighted by atomic mass is 9.78. The SMILES string of the molecule is CCOC(=O)[C@@]1(Cc2ccc(O)c(C3CCCc4ccccc43)c2)C[C@@H]1C(=O)NO.COC(=O)[C@]1(c2cccc(Oc3ccc(C#N)cc3)c2)C[C@H]1C(=O)NO.COC(=O)[C@]1(c2cccc(Oc3ccc(OC)cc3)c2)C[C@H]1C(=O)NO.Cc1cc(COc2ccc(C[C@]3(C(=O)Nc4ccccc4)C[C@@H]3C(=O)NO)cc2)c2ccccc2n1. The maximum atomic E-state index is 13.2. The Morgan fingerprint density at radius 1 is 0.508 bits per heavy atom. The molecule has 0 saturated heterocycles. The smallest absolute Gasteiger partial charge is 0.317 e. The molecule has 15 rings (SSSR count). The van der Waals surface area contributed by atoms with Gasteiger partial charge in [0.15, 0.2) is 0 Å². The minimum absolute atomic E-state index is 0.101. The molecule has 1 heterocycles. The Hall–Kier alpha value is -13.5. The molecule has 5 aliphatic rings. The molecule has 10 aromatic rings. The molecular formula is C91H89N7O20. The topological polar surface area (TPSA) is 399 Å². The molecule has 9 aromatic carbocycles. The number of aromatic nitrogens is 1. The van der Waals surface area contributed by atoms with Crippen LogP contribution in [0.1, 0.15) is 107 Å². The van der Waals surface area contributed by atoms with Gasteiger partial charge in [-0.25, -0.2) is 21.9 Å². The summed E-state index contributed by atoms with van der Waals surface area (Å²) in [6.07, 6.45) is 4.94. The zero-order valence-electron chi connectivity index (χ0n) is 65.3. The van der Waals surface area contributed by atoms with Gasteiger partial charge in [-0.3, -0.25) is 64.2 Å². The molecule has 1 unspecified atom stereocenters. The summed E-state index contributed by atoms with van der Waals surface area (Å²) in [4.78, 5) is 103. The van der Waals surface area contributed by atoms with Crippen molar-refractivity contribution < 1.29 is 97.4 Å². The lowest BCUT2D eigenvalue weighted by Crippen LogP contribution is -2.33. The molecule has 9 atom stereocenters. The van der Waals surface area contributed by atoms with Crippen LogP contribution < -0.4 is 46.2 Å². The number of phenols is 1. The number of aromatic hydroxyl groups is 1. The Morgan fingerprint density at radius 3 is 1.60 bits per heavy atom. The van der Waals surface area contributed by atoms with Gasteiger partial charge in [0.2, 0.25) is 29.5 Å². The summed E-state index contributed by atoms with van der Waals surface area (Å²) < 4.78 is 37.7. The number of fused-ring (bicyclic) bond motifs is 2. The minimum atomic E-state index is -1.13. The first-order valence-corrected chi connectivity index (χ1v) is 38.2. The number of rotatable bonds is 25. The molecule has 0 aliphatic heterocycles. The molecule has 5 amide bonds. The fraction of sp³-hybridized carbons (Fsp3) is 0.275. The first-order valence-electron chi connectivity index (χ1n) is 38.2. The lowest BCUT2D eigenvalue weighted by molar-refractivity contribution is -0.152. The summed E-state index contributed by atoms with van der Waals surface area (Å²) in [6, 6.07) is 69.9. The normalized spacial score (nSPS) is 21.0. The summed E-state index contributed by atoms with van der Waals surface area (Å²) in [5.41, 5.74) is 12.9. The third kappa shape index (κ3) is 18.4. The van der Waals surface area contributed by atoms with Crippen molar-refractivity contribution in [2.24, 2.45) is 34.5 Å². The fourth-order valence-corrected chi connectivity index (χ4v) is 15.9. The number of hydrogen-bond donors (Lipinski definition) is 10. The second-order valence-electron chi connectivity index (χ2n) is 29.5. The van der Waals surface area contributed by atoms with Crippen molar-refractivity contribution in [2.45, 2.75) is 95.0 Å². The van der Waals surface area contributed by atoms with E-state index in [0.717, 1.165) is 58.1 Å². The van der Waals surface area contributed by atoms with E-state index in [-0.39, 0.29) is 37.0 Å². The predicted octanol–water partition coefficient (Wildman–Crippen LogP) is 13.0. The van der Waals surface area contributed by atoms with Gasteiger partial charge in [-0.1, -0.05) is 109 Å². The highest BCUT2D eigenvalue weighted by atomic mass is 16.5. The summed E-state index contributed by atoms with van der Waals surface area (Å²) in [6.45, 7) is 4.34. The van der Waals surface area contributed by atoms with Crippen molar-refractivity contribution in [3.8, 4) is 46.3 Å². The van der Waals surface area contributed by atoms with Gasteiger partial charge < -0.3 is 43.6 Å². The number of carbonyl (C=O) groups excluding carboxylic acids is 8. The van der Waals surface area contributed by atoms with E-state index in [9.17, 15) is 43.5 Å². The zero-order valence-corrected chi connectivity index (χ0v) is 65.3. The van der Waals surface area contributed by atoms with Gasteiger partial charge in [0.25, 0.3) is 0 Å². The standard InChI is InChI=1S/C29H27N3O4.C24H27NO5.C19H16N2O5.C19H19NO6/c1-19-15-21(24-9-5-6-10-26(24)30-19)18-36-23-13-11-20(12-14-23)16-29(17-25(29)27(33)32-35)28(34)31-22-7-3-2-4-8-22;1-2-30-23(28)24(14-20(24)22(27)25-29)13-15-10-11-21(26)19(12-15)18-9-5-7-16-6-3-4-8-17(16)18;1-25-18(23)19(10-16(19)17(22)21-24)13-3-2-4-15(9-13)26-14-7-5-12(11-20)6-8-14;1-24-13-6-8-14(9-7-13)26-15-5-3-4-12(10-15)19(18(22)25-2)11-16(19)17(21)20-23/h2-15,25,35H,16-18H2,1H3,(H,31,34)(H,32,33);3-4,6,8,10-12,18,20,26,29H,2,5,7,9,13-14H2,1H3,(H,25,27);2-9,16,24H,10H2,1H3,(H,21,22);3-10,16,23H,11H2,1-2H3,(H,20,21)/t25-,29+;18?,20-,24+;2*16-,19-/m1100/s1. The minimum Gasteiger partial charge on any atom is -0.508 e. The summed E-state index contributed by atoms with van der Waals surface area (Å²) in [5, 5.41) is 59.3. The Balaban J connectivity index is 0.000000146. The van der Waals surface area contributed by atoms with Crippen molar-refractivity contribution >= 4 is 64.0 Å². The lowest BCUT2D eigenvalue weighted by Gasteiger charge is -2.27. The van der Waals surface area contributed by atoms with Gasteiger partial charge >= 0.3 is 17.9 Å². The van der Waals surface area contributed by atoms with Gasteiger partial charge in [-0.15, -0.1) is 0 Å². The third-order valence-electron chi connectivity index (χ3n) is 22.4. The van der Waals surface area contributed by atoms with Crippen LogP contribution in [0.25, 0.3) is 10.9 Å². The highest BCUT2D eigenvalue weighted by Gasteiger charge is 2.68. The molecule has 1 aromatic heterocycles. The number of ether oxygens (including phenoxy) is 7. The van der Waals surface area contributed by atoms with E-state index in [1.165, 1.54) is 25.3 Å². The summed E-state index contributed by atoms with van der Waals surface area (Å²) >= 11 is 0. The second kappa shape index (κ2) is 37.0. The molecule has 118 heavy (non-hydrogen) atoms. The number of phenolic OH excluding ortho intramolecular Hbond substituents is 1. The molecule has 5 aliphatic carbocycles. The highest BCUT2D eigenvalue weighted by Crippen LogP contribution is 2.59. The number of para-hydroxylation sites is 2. The predicted molar refractivity (Wildman–Crippen MR) is 427 cm³/mol. The average Bonchev–Trinajstić information content (AvgIpc) is 1.57. The van der Waals surface area contributed by atoms with Crippen LogP contribution in [0.15, 0.2) is 224 Å². The van der Waals surface area contributed by atoms with E-state index in [2.05, 4.69) is 22.4 Å². The number of methoxy groups -OCH3 is 3. The number of carbonyl (C=O) groups is 8. The van der Waals surface area contributed by atoms with E-state index in [1.54, 1.807) is 157 Å². The Morgan fingerprint density at radius 2 is 1.03 bits per heavy atom. The molecule has 4 fully saturated rings. The van der Waals surface area contributed by atoms with Crippen LogP contribution in [0, 0.1) is 52.8 Å². The van der Waals surface area contributed by atoms with Gasteiger partial charge in [-0.05, 0) is 220 Å². The second-order valence-corrected chi connectivity index (χ2v) is 29.5. The molecule has 0 spiro atoms. The number of pyridine rings is 1. The first-order chi connectivity index (χ1) is 57.1. The zero-order chi connectivity index (χ0) is 83.9. The van der Waals surface area contributed by atoms with Crippen LogP contribution in [0.3, 0.4) is 0 Å². The monoisotopic (exact) mass is 1600 g/mol. The van der Waals surface area contributed by atoms with E-state index < -0.39 is 86.9 Å². The van der Waals surface area contributed by atoms with E-state index in [4.69, 9.17) is 59.2 Å². The Bertz CT molecular complexity index is 5400. The van der Waals surface area contributed by atoms with Gasteiger partial charge in [0.1, 0.15) is 57.7 Å². The number of amides is 5. The van der Waals surface area contributed by atoms with Crippen LogP contribution in [0.4, 0.5) is 5.69 Å². The number of benzene rings is 9. The number of hydroxylamine groups is 4. The van der Waals surface area contributed by atoms with Crippen molar-refractivity contribution in [1.82, 2.24) is 26.9 Å². The Kier molecular flexibility index (Phi) is 26.3. The number of nitriles is 1. The molecule has 4 saturated carbocycles. The van der Waals surface area contributed by atoms with Crippen molar-refractivity contribution in [2.75, 3.05) is 33.3 Å². The van der Waals surface area contributed by atoms with Crippen molar-refractivity contribution in [3.05, 3.63) is 280 Å². The molecular weight excluding hydrogens is 1510 g/mol. The Labute approximate surface area is 679 Å². The third-order valence-corrected chi connectivity index (χ3v) is 22.4. The van der Waals surface area contributed by atoms with E-state index in [1.807, 2.05) is 104 Å². The number of nitrogens with zero attached hydrogens (tertiary/aromatic N) is 2. The van der Waals surface area contributed by atoms with Gasteiger partial charge in [-0.2, -0.15) is 5.26 Å². The van der Waals surface area contributed by atoms with E-state index >= 15 is 0 Å².